The molecular weight excluding hydrogens is 374 g/mol. The van der Waals surface area contributed by atoms with E-state index in [4.69, 9.17) is 5.10 Å². The van der Waals surface area contributed by atoms with Crippen molar-refractivity contribution >= 4 is 12.0 Å². The molecule has 3 heterocycles. The van der Waals surface area contributed by atoms with Gasteiger partial charge < -0.3 is 5.32 Å². The summed E-state index contributed by atoms with van der Waals surface area (Å²) in [6, 6.07) is 17.6. The van der Waals surface area contributed by atoms with Crippen LogP contribution in [0.3, 0.4) is 0 Å². The molecule has 4 rings (SSSR count). The highest BCUT2D eigenvalue weighted by Crippen LogP contribution is 2.24. The van der Waals surface area contributed by atoms with E-state index in [9.17, 15) is 4.79 Å². The summed E-state index contributed by atoms with van der Waals surface area (Å²) in [4.78, 5) is 20.6. The minimum absolute atomic E-state index is 0.150. The van der Waals surface area contributed by atoms with Crippen LogP contribution in [-0.2, 0) is 11.2 Å². The second-order valence-electron chi connectivity index (χ2n) is 6.69. The minimum Gasteiger partial charge on any atom is -0.352 e. The Hall–Kier alpha value is -4.06. The fourth-order valence-corrected chi connectivity index (χ4v) is 3.05. The largest absolute Gasteiger partial charge is 0.352 e. The number of hydrogen-bond donors (Lipinski definition) is 1. The number of carbonyl (C=O) groups excluding carboxylic acids is 1. The van der Waals surface area contributed by atoms with Crippen molar-refractivity contribution in [1.82, 2.24) is 25.1 Å². The minimum atomic E-state index is -0.150. The number of rotatable bonds is 7. The number of pyridine rings is 2. The number of benzene rings is 1. The van der Waals surface area contributed by atoms with Gasteiger partial charge in [-0.3, -0.25) is 14.8 Å². The molecule has 0 unspecified atom stereocenters. The van der Waals surface area contributed by atoms with Crippen LogP contribution in [0.4, 0.5) is 0 Å². The van der Waals surface area contributed by atoms with Gasteiger partial charge in [0.25, 0.3) is 0 Å². The first kappa shape index (κ1) is 19.3. The molecule has 1 N–H and O–H groups in total. The van der Waals surface area contributed by atoms with Crippen LogP contribution in [0.25, 0.3) is 23.0 Å². The maximum Gasteiger partial charge on any atom is 0.244 e. The van der Waals surface area contributed by atoms with E-state index in [0.717, 1.165) is 34.5 Å². The van der Waals surface area contributed by atoms with Gasteiger partial charge in [-0.25, -0.2) is 4.68 Å². The van der Waals surface area contributed by atoms with Gasteiger partial charge in [0, 0.05) is 54.7 Å². The molecule has 148 valence electrons. The van der Waals surface area contributed by atoms with Gasteiger partial charge >= 0.3 is 0 Å². The van der Waals surface area contributed by atoms with Crippen LogP contribution < -0.4 is 5.32 Å². The smallest absolute Gasteiger partial charge is 0.244 e. The maximum atomic E-state index is 12.3. The molecule has 0 aliphatic heterocycles. The Morgan fingerprint density at radius 2 is 1.77 bits per heavy atom. The van der Waals surface area contributed by atoms with E-state index in [-0.39, 0.29) is 5.91 Å². The predicted octanol–water partition coefficient (Wildman–Crippen LogP) is 3.70. The van der Waals surface area contributed by atoms with E-state index < -0.39 is 0 Å². The van der Waals surface area contributed by atoms with Gasteiger partial charge in [-0.1, -0.05) is 24.3 Å². The molecule has 0 radical (unpaired) electrons. The third kappa shape index (κ3) is 4.86. The molecule has 30 heavy (non-hydrogen) atoms. The molecule has 0 saturated heterocycles. The van der Waals surface area contributed by atoms with Crippen molar-refractivity contribution in [2.45, 2.75) is 6.42 Å². The molecule has 0 aliphatic carbocycles. The predicted molar refractivity (Wildman–Crippen MR) is 117 cm³/mol. The molecule has 1 aromatic carbocycles. The molecule has 0 saturated carbocycles. The van der Waals surface area contributed by atoms with Gasteiger partial charge in [0.2, 0.25) is 5.91 Å². The lowest BCUT2D eigenvalue weighted by Crippen LogP contribution is -2.23. The summed E-state index contributed by atoms with van der Waals surface area (Å²) in [5.41, 5.74) is 4.54. The Bertz CT molecular complexity index is 1120. The van der Waals surface area contributed by atoms with Crippen LogP contribution in [-0.4, -0.2) is 32.2 Å². The second kappa shape index (κ2) is 9.43. The van der Waals surface area contributed by atoms with Crippen LogP contribution in [0.15, 0.2) is 91.7 Å². The lowest BCUT2D eigenvalue weighted by molar-refractivity contribution is -0.116. The molecule has 3 aromatic heterocycles. The van der Waals surface area contributed by atoms with Crippen molar-refractivity contribution in [3.05, 3.63) is 103 Å². The summed E-state index contributed by atoms with van der Waals surface area (Å²) < 4.78 is 1.81. The zero-order chi connectivity index (χ0) is 20.6. The standard InChI is InChI=1S/C24H21N5O/c30-23(27-15-12-19-6-4-13-25-16-19)11-10-21-18-29(22-8-2-1-3-9-22)28-24(21)20-7-5-14-26-17-20/h1-11,13-14,16-18H,12,15H2,(H,27,30)/b11-10+. The van der Waals surface area contributed by atoms with Gasteiger partial charge in [-0.2, -0.15) is 5.10 Å². The molecule has 6 nitrogen and oxygen atoms in total. The van der Waals surface area contributed by atoms with E-state index in [1.807, 2.05) is 65.5 Å². The lowest BCUT2D eigenvalue weighted by atomic mass is 10.1. The highest BCUT2D eigenvalue weighted by molar-refractivity contribution is 5.92. The lowest BCUT2D eigenvalue weighted by Gasteiger charge is -2.02. The molecule has 6 heteroatoms. The quantitative estimate of drug-likeness (QED) is 0.484. The van der Waals surface area contributed by atoms with E-state index >= 15 is 0 Å². The molecule has 4 aromatic rings. The summed E-state index contributed by atoms with van der Waals surface area (Å²) in [5.74, 6) is -0.150. The van der Waals surface area contributed by atoms with Crippen molar-refractivity contribution in [2.75, 3.05) is 6.54 Å². The number of nitrogens with one attached hydrogen (secondary N) is 1. The SMILES string of the molecule is O=C(/C=C/c1cn(-c2ccccc2)nc1-c1cccnc1)NCCc1cccnc1. The first-order valence-corrected chi connectivity index (χ1v) is 9.70. The van der Waals surface area contributed by atoms with Crippen molar-refractivity contribution in [1.29, 1.82) is 0 Å². The number of aromatic nitrogens is 4. The first-order chi connectivity index (χ1) is 14.8. The van der Waals surface area contributed by atoms with Crippen molar-refractivity contribution in [3.8, 4) is 16.9 Å². The van der Waals surface area contributed by atoms with Gasteiger partial charge in [-0.05, 0) is 48.4 Å². The van der Waals surface area contributed by atoms with E-state index in [1.165, 1.54) is 6.08 Å². The fraction of sp³-hybridized carbons (Fsp3) is 0.0833. The molecule has 0 atom stereocenters. The Morgan fingerprint density at radius 1 is 0.967 bits per heavy atom. The number of nitrogens with zero attached hydrogens (tertiary/aromatic N) is 4. The van der Waals surface area contributed by atoms with Gasteiger partial charge in [0.1, 0.15) is 5.69 Å². The molecule has 0 spiro atoms. The Balaban J connectivity index is 1.50. The van der Waals surface area contributed by atoms with Gasteiger partial charge in [-0.15, -0.1) is 0 Å². The van der Waals surface area contributed by atoms with E-state index in [1.54, 1.807) is 30.9 Å². The Morgan fingerprint density at radius 3 is 2.50 bits per heavy atom. The van der Waals surface area contributed by atoms with Crippen molar-refractivity contribution < 1.29 is 4.79 Å². The maximum absolute atomic E-state index is 12.3. The first-order valence-electron chi connectivity index (χ1n) is 9.70. The molecule has 1 amide bonds. The molecule has 0 aliphatic rings. The molecular formula is C24H21N5O. The summed E-state index contributed by atoms with van der Waals surface area (Å²) in [5, 5.41) is 7.62. The number of para-hydroxylation sites is 1. The van der Waals surface area contributed by atoms with E-state index in [0.29, 0.717) is 6.54 Å². The monoisotopic (exact) mass is 395 g/mol. The van der Waals surface area contributed by atoms with Crippen LogP contribution in [0.5, 0.6) is 0 Å². The van der Waals surface area contributed by atoms with Gasteiger partial charge in [0.05, 0.1) is 5.69 Å². The summed E-state index contributed by atoms with van der Waals surface area (Å²) in [7, 11) is 0. The number of carbonyl (C=O) groups is 1. The van der Waals surface area contributed by atoms with Crippen molar-refractivity contribution in [2.24, 2.45) is 0 Å². The number of hydrogen-bond acceptors (Lipinski definition) is 4. The van der Waals surface area contributed by atoms with E-state index in [2.05, 4.69) is 15.3 Å². The summed E-state index contributed by atoms with van der Waals surface area (Å²) in [6.07, 6.45) is 13.0. The van der Waals surface area contributed by atoms with Crippen LogP contribution >= 0.6 is 0 Å². The second-order valence-corrected chi connectivity index (χ2v) is 6.69. The van der Waals surface area contributed by atoms with Crippen LogP contribution in [0.1, 0.15) is 11.1 Å². The average Bonchev–Trinajstić information content (AvgIpc) is 3.24. The third-order valence-electron chi connectivity index (χ3n) is 4.55. The molecule has 0 bridgehead atoms. The van der Waals surface area contributed by atoms with Crippen LogP contribution in [0, 0.1) is 0 Å². The molecule has 0 fully saturated rings. The summed E-state index contributed by atoms with van der Waals surface area (Å²) in [6.45, 7) is 0.549. The third-order valence-corrected chi connectivity index (χ3v) is 4.55. The zero-order valence-electron chi connectivity index (χ0n) is 16.3. The topological polar surface area (TPSA) is 72.7 Å². The fourth-order valence-electron chi connectivity index (χ4n) is 3.05. The zero-order valence-corrected chi connectivity index (χ0v) is 16.3. The average molecular weight is 395 g/mol. The highest BCUT2D eigenvalue weighted by Gasteiger charge is 2.11. The normalized spacial score (nSPS) is 10.9. The van der Waals surface area contributed by atoms with Gasteiger partial charge in [0.15, 0.2) is 0 Å². The highest BCUT2D eigenvalue weighted by atomic mass is 16.1. The van der Waals surface area contributed by atoms with Crippen molar-refractivity contribution in [3.63, 3.8) is 0 Å². The Kier molecular flexibility index (Phi) is 6.05. The van der Waals surface area contributed by atoms with Crippen LogP contribution in [0.2, 0.25) is 0 Å². The number of amides is 1. The summed E-state index contributed by atoms with van der Waals surface area (Å²) >= 11 is 0. The Labute approximate surface area is 174 Å².